The predicted molar refractivity (Wildman–Crippen MR) is 146 cm³/mol. The average molecular weight is 524 g/mol. The number of Topliss-reactive ketones (excluding diaryl/α,β-unsaturated/α-hetero) is 1. The minimum absolute atomic E-state index is 0.0106. The Morgan fingerprint density at radius 3 is 2.72 bits per heavy atom. The number of fused-ring (bicyclic) bond motifs is 3. The third-order valence-electron chi connectivity index (χ3n) is 8.12. The van der Waals surface area contributed by atoms with Crippen LogP contribution in [0, 0.1) is 24.2 Å². The number of ketones is 1. The van der Waals surface area contributed by atoms with Crippen molar-refractivity contribution in [1.82, 2.24) is 19.9 Å². The number of amides is 1. The standard InChI is InChI=1S/C31H30FN5O2/c1-18-23-12-11-22-27(21-8-6-7-9-24(21)32)35-30(36-29(22)31(23,2)17-25(33-3)28(18)39)19-14-15-34-20(16-19)10-13-26(38)37(4)5/h6-9,14-18,23H,10-13H2,1-2,4-5H3/t18-,23-,31-/m1/s1. The summed E-state index contributed by atoms with van der Waals surface area (Å²) < 4.78 is 15.1. The van der Waals surface area contributed by atoms with Crippen LogP contribution in [-0.2, 0) is 27.8 Å². The molecule has 0 spiro atoms. The Morgan fingerprint density at radius 2 is 2.00 bits per heavy atom. The summed E-state index contributed by atoms with van der Waals surface area (Å²) in [7, 11) is 3.44. The van der Waals surface area contributed by atoms with Crippen LogP contribution in [-0.4, -0.2) is 45.6 Å². The van der Waals surface area contributed by atoms with Crippen molar-refractivity contribution in [3.8, 4) is 22.6 Å². The summed E-state index contributed by atoms with van der Waals surface area (Å²) in [5.41, 5.74) is 3.35. The summed E-state index contributed by atoms with van der Waals surface area (Å²) in [6.07, 6.45) is 5.53. The Morgan fingerprint density at radius 1 is 1.23 bits per heavy atom. The zero-order valence-corrected chi connectivity index (χ0v) is 22.5. The van der Waals surface area contributed by atoms with Crippen molar-refractivity contribution in [2.75, 3.05) is 14.1 Å². The van der Waals surface area contributed by atoms with Crippen LogP contribution in [0.3, 0.4) is 0 Å². The predicted octanol–water partition coefficient (Wildman–Crippen LogP) is 5.21. The second kappa shape index (κ2) is 10.1. The van der Waals surface area contributed by atoms with Crippen molar-refractivity contribution in [1.29, 1.82) is 0 Å². The summed E-state index contributed by atoms with van der Waals surface area (Å²) in [4.78, 5) is 44.5. The summed E-state index contributed by atoms with van der Waals surface area (Å²) in [5, 5.41) is 0. The van der Waals surface area contributed by atoms with Gasteiger partial charge in [0.25, 0.3) is 0 Å². The van der Waals surface area contributed by atoms with E-state index < -0.39 is 5.41 Å². The smallest absolute Gasteiger partial charge is 0.226 e. The minimum Gasteiger partial charge on any atom is -0.349 e. The number of aryl methyl sites for hydroxylation is 1. The maximum atomic E-state index is 15.1. The summed E-state index contributed by atoms with van der Waals surface area (Å²) in [5.74, 6) is -0.446. The van der Waals surface area contributed by atoms with Crippen molar-refractivity contribution in [2.24, 2.45) is 11.8 Å². The van der Waals surface area contributed by atoms with Crippen LogP contribution in [0.1, 0.15) is 43.6 Å². The topological polar surface area (TPSA) is 80.4 Å². The molecule has 198 valence electrons. The van der Waals surface area contributed by atoms with Crippen LogP contribution in [0.4, 0.5) is 4.39 Å². The van der Waals surface area contributed by atoms with Gasteiger partial charge in [-0.25, -0.2) is 19.2 Å². The molecule has 0 fully saturated rings. The van der Waals surface area contributed by atoms with Crippen LogP contribution in [0.15, 0.2) is 54.4 Å². The number of carbonyl (C=O) groups is 2. The molecule has 2 aliphatic carbocycles. The van der Waals surface area contributed by atoms with E-state index in [2.05, 4.69) is 9.83 Å². The van der Waals surface area contributed by atoms with E-state index in [1.54, 1.807) is 55.5 Å². The molecule has 1 amide bonds. The molecule has 0 radical (unpaired) electrons. The Hall–Kier alpha value is -4.25. The van der Waals surface area contributed by atoms with Crippen LogP contribution in [0.5, 0.6) is 0 Å². The molecule has 8 heteroatoms. The minimum atomic E-state index is -0.688. The molecule has 0 saturated carbocycles. The van der Waals surface area contributed by atoms with Gasteiger partial charge in [-0.1, -0.05) is 32.1 Å². The average Bonchev–Trinajstić information content (AvgIpc) is 2.93. The molecule has 0 aliphatic heterocycles. The maximum Gasteiger partial charge on any atom is 0.226 e. The Bertz CT molecular complexity index is 1560. The van der Waals surface area contributed by atoms with Gasteiger partial charge in [0, 0.05) is 60.4 Å². The lowest BCUT2D eigenvalue weighted by Gasteiger charge is -2.46. The highest BCUT2D eigenvalue weighted by Crippen LogP contribution is 2.51. The molecule has 2 heterocycles. The fourth-order valence-electron chi connectivity index (χ4n) is 5.96. The number of carbonyl (C=O) groups excluding carboxylic acids is 2. The molecular weight excluding hydrogens is 493 g/mol. The summed E-state index contributed by atoms with van der Waals surface area (Å²) in [6.45, 7) is 11.5. The van der Waals surface area contributed by atoms with Gasteiger partial charge < -0.3 is 9.69 Å². The number of aromatic nitrogens is 3. The number of pyridine rings is 1. The van der Waals surface area contributed by atoms with Gasteiger partial charge in [-0.3, -0.25) is 9.78 Å². The van der Waals surface area contributed by atoms with Crippen LogP contribution >= 0.6 is 0 Å². The number of hydrogen-bond donors (Lipinski definition) is 0. The molecule has 3 atom stereocenters. The fraction of sp³-hybridized carbons (Fsp3) is 0.355. The van der Waals surface area contributed by atoms with Gasteiger partial charge in [0.2, 0.25) is 11.6 Å². The number of benzene rings is 1. The van der Waals surface area contributed by atoms with Crippen LogP contribution < -0.4 is 0 Å². The fourth-order valence-corrected chi connectivity index (χ4v) is 5.96. The second-order valence-electron chi connectivity index (χ2n) is 10.7. The number of nitrogens with zero attached hydrogens (tertiary/aromatic N) is 5. The third kappa shape index (κ3) is 4.63. The van der Waals surface area contributed by atoms with Gasteiger partial charge in [-0.05, 0) is 49.4 Å². The Labute approximate surface area is 227 Å². The summed E-state index contributed by atoms with van der Waals surface area (Å²) >= 11 is 0. The molecule has 0 N–H and O–H groups in total. The highest BCUT2D eigenvalue weighted by molar-refractivity contribution is 6.00. The lowest BCUT2D eigenvalue weighted by atomic mass is 9.58. The lowest BCUT2D eigenvalue weighted by molar-refractivity contribution is -0.128. The van der Waals surface area contributed by atoms with E-state index >= 15 is 4.39 Å². The maximum absolute atomic E-state index is 15.1. The summed E-state index contributed by atoms with van der Waals surface area (Å²) in [6, 6.07) is 10.2. The van der Waals surface area contributed by atoms with E-state index in [0.717, 1.165) is 17.0 Å². The molecule has 0 bridgehead atoms. The van der Waals surface area contributed by atoms with Crippen molar-refractivity contribution < 1.29 is 14.0 Å². The number of halogens is 1. The van der Waals surface area contributed by atoms with Crippen LogP contribution in [0.25, 0.3) is 27.5 Å². The van der Waals surface area contributed by atoms with Crippen LogP contribution in [0.2, 0.25) is 0 Å². The van der Waals surface area contributed by atoms with E-state index in [4.69, 9.17) is 16.5 Å². The number of allylic oxidation sites excluding steroid dienone is 2. The molecule has 3 aromatic rings. The molecule has 2 aliphatic rings. The molecular formula is C31H30FN5O2. The zero-order chi connectivity index (χ0) is 27.9. The van der Waals surface area contributed by atoms with Crippen molar-refractivity contribution in [2.45, 2.75) is 44.9 Å². The first-order valence-electron chi connectivity index (χ1n) is 13.1. The molecule has 7 nitrogen and oxygen atoms in total. The lowest BCUT2D eigenvalue weighted by Crippen LogP contribution is -2.46. The van der Waals surface area contributed by atoms with Crippen molar-refractivity contribution in [3.63, 3.8) is 0 Å². The molecule has 0 saturated heterocycles. The number of rotatable bonds is 5. The first-order valence-corrected chi connectivity index (χ1v) is 13.1. The van der Waals surface area contributed by atoms with E-state index in [0.29, 0.717) is 48.3 Å². The van der Waals surface area contributed by atoms with E-state index in [9.17, 15) is 9.59 Å². The van der Waals surface area contributed by atoms with Gasteiger partial charge in [0.15, 0.2) is 11.6 Å². The highest BCUT2D eigenvalue weighted by atomic mass is 19.1. The van der Waals surface area contributed by atoms with Gasteiger partial charge in [0.05, 0.1) is 18.0 Å². The number of hydrogen-bond acceptors (Lipinski definition) is 5. The Balaban J connectivity index is 1.70. The Kier molecular flexibility index (Phi) is 6.85. The van der Waals surface area contributed by atoms with E-state index in [-0.39, 0.29) is 35.0 Å². The second-order valence-corrected chi connectivity index (χ2v) is 10.7. The molecule has 5 rings (SSSR count). The zero-order valence-electron chi connectivity index (χ0n) is 22.5. The monoisotopic (exact) mass is 523 g/mol. The SMILES string of the molecule is [C-]#[N+]C1=C[C@@]2(C)c3nc(-c4ccnc(CCC(=O)N(C)C)c4)nc(-c4ccccc4F)c3CC[C@@H]2[C@@H](C)C1=O. The largest absolute Gasteiger partial charge is 0.349 e. The normalized spacial score (nSPS) is 21.8. The quantitative estimate of drug-likeness (QED) is 0.429. The van der Waals surface area contributed by atoms with E-state index in [1.807, 2.05) is 19.9 Å². The van der Waals surface area contributed by atoms with Gasteiger partial charge >= 0.3 is 0 Å². The third-order valence-corrected chi connectivity index (χ3v) is 8.12. The first-order chi connectivity index (χ1) is 18.6. The van der Waals surface area contributed by atoms with Crippen molar-refractivity contribution in [3.05, 3.63) is 88.6 Å². The highest BCUT2D eigenvalue weighted by Gasteiger charge is 2.49. The molecule has 0 unspecified atom stereocenters. The molecule has 39 heavy (non-hydrogen) atoms. The van der Waals surface area contributed by atoms with Gasteiger partial charge in [-0.15, -0.1) is 0 Å². The van der Waals surface area contributed by atoms with Crippen molar-refractivity contribution >= 4 is 11.7 Å². The molecule has 1 aromatic carbocycles. The van der Waals surface area contributed by atoms with Gasteiger partial charge in [-0.2, -0.15) is 0 Å². The first kappa shape index (κ1) is 26.4. The van der Waals surface area contributed by atoms with Gasteiger partial charge in [0.1, 0.15) is 5.82 Å². The molecule has 2 aromatic heterocycles. The van der Waals surface area contributed by atoms with E-state index in [1.165, 1.54) is 6.07 Å².